The number of halogens is 1. The molecule has 0 unspecified atom stereocenters. The molecule has 0 fully saturated rings. The Kier molecular flexibility index (Phi) is 4.10. The van der Waals surface area contributed by atoms with Crippen molar-refractivity contribution in [3.05, 3.63) is 59.1 Å². The van der Waals surface area contributed by atoms with Crippen LogP contribution in [0.25, 0.3) is 10.1 Å². The standard InChI is InChI=1S/C15H12ClNO3S2/c16-14-12-3-1-2-4-13(12)21-15(14)22(19,20)17-11-7-5-10(9-18)6-8-11/h1-8,17-18H,9H2. The van der Waals surface area contributed by atoms with Crippen LogP contribution in [-0.2, 0) is 16.6 Å². The number of fused-ring (bicyclic) bond motifs is 1. The summed E-state index contributed by atoms with van der Waals surface area (Å²) in [6.45, 7) is -0.0881. The van der Waals surface area contributed by atoms with Crippen LogP contribution in [0, 0.1) is 0 Å². The summed E-state index contributed by atoms with van der Waals surface area (Å²) >= 11 is 7.35. The normalized spacial score (nSPS) is 11.7. The Balaban J connectivity index is 1.98. The Bertz CT molecular complexity index is 918. The molecule has 1 heterocycles. The molecular weight excluding hydrogens is 342 g/mol. The van der Waals surface area contributed by atoms with Crippen molar-refractivity contribution in [3.63, 3.8) is 0 Å². The Morgan fingerprint density at radius 1 is 1.09 bits per heavy atom. The van der Waals surface area contributed by atoms with Gasteiger partial charge in [-0.05, 0) is 23.8 Å². The fourth-order valence-electron chi connectivity index (χ4n) is 2.04. The average Bonchev–Trinajstić information content (AvgIpc) is 2.86. The molecule has 1 aromatic heterocycles. The quantitative estimate of drug-likeness (QED) is 0.748. The van der Waals surface area contributed by atoms with Gasteiger partial charge >= 0.3 is 0 Å². The Morgan fingerprint density at radius 2 is 1.77 bits per heavy atom. The highest BCUT2D eigenvalue weighted by Gasteiger charge is 2.23. The molecule has 0 bridgehead atoms. The predicted octanol–water partition coefficient (Wildman–Crippen LogP) is 3.85. The number of anilines is 1. The molecule has 0 saturated carbocycles. The molecule has 0 saturated heterocycles. The third-order valence-electron chi connectivity index (χ3n) is 3.14. The van der Waals surface area contributed by atoms with Gasteiger partial charge in [0, 0.05) is 15.8 Å². The van der Waals surface area contributed by atoms with E-state index in [-0.39, 0.29) is 15.8 Å². The number of thiophene rings is 1. The first-order chi connectivity index (χ1) is 10.5. The van der Waals surface area contributed by atoms with Gasteiger partial charge in [0.05, 0.1) is 11.6 Å². The van der Waals surface area contributed by atoms with Crippen LogP contribution in [0.5, 0.6) is 0 Å². The van der Waals surface area contributed by atoms with E-state index < -0.39 is 10.0 Å². The summed E-state index contributed by atoms with van der Waals surface area (Å²) in [5.74, 6) is 0. The van der Waals surface area contributed by atoms with Gasteiger partial charge in [0.2, 0.25) is 0 Å². The van der Waals surface area contributed by atoms with Gasteiger partial charge in [-0.25, -0.2) is 8.42 Å². The average molecular weight is 354 g/mol. The van der Waals surface area contributed by atoms with E-state index in [4.69, 9.17) is 16.7 Å². The van der Waals surface area contributed by atoms with Crippen molar-refractivity contribution >= 4 is 48.7 Å². The lowest BCUT2D eigenvalue weighted by Gasteiger charge is -2.07. The molecule has 0 spiro atoms. The first-order valence-corrected chi connectivity index (χ1v) is 9.08. The largest absolute Gasteiger partial charge is 0.392 e. The van der Waals surface area contributed by atoms with E-state index in [1.54, 1.807) is 30.3 Å². The Labute approximate surface area is 137 Å². The molecule has 0 amide bonds. The van der Waals surface area contributed by atoms with Crippen molar-refractivity contribution in [1.29, 1.82) is 0 Å². The Hall–Kier alpha value is -1.60. The Morgan fingerprint density at radius 3 is 2.41 bits per heavy atom. The number of aliphatic hydroxyl groups is 1. The van der Waals surface area contributed by atoms with Gasteiger partial charge in [0.25, 0.3) is 10.0 Å². The minimum Gasteiger partial charge on any atom is -0.392 e. The van der Waals surface area contributed by atoms with Crippen LogP contribution >= 0.6 is 22.9 Å². The summed E-state index contributed by atoms with van der Waals surface area (Å²) in [6.07, 6.45) is 0. The maximum Gasteiger partial charge on any atom is 0.272 e. The number of aliphatic hydroxyl groups excluding tert-OH is 1. The second-order valence-corrected chi connectivity index (χ2v) is 7.97. The highest BCUT2D eigenvalue weighted by Crippen LogP contribution is 2.38. The molecule has 22 heavy (non-hydrogen) atoms. The van der Waals surface area contributed by atoms with Crippen LogP contribution in [0.15, 0.2) is 52.7 Å². The van der Waals surface area contributed by atoms with Crippen LogP contribution in [0.1, 0.15) is 5.56 Å². The maximum atomic E-state index is 12.5. The van der Waals surface area contributed by atoms with E-state index in [1.807, 2.05) is 18.2 Å². The first kappa shape index (κ1) is 15.3. The highest BCUT2D eigenvalue weighted by atomic mass is 35.5. The van der Waals surface area contributed by atoms with Gasteiger partial charge in [-0.15, -0.1) is 11.3 Å². The van der Waals surface area contributed by atoms with Gasteiger partial charge in [-0.3, -0.25) is 4.72 Å². The molecule has 7 heteroatoms. The molecule has 114 valence electrons. The van der Waals surface area contributed by atoms with Crippen molar-refractivity contribution in [3.8, 4) is 0 Å². The van der Waals surface area contributed by atoms with E-state index in [0.29, 0.717) is 11.3 Å². The molecular formula is C15H12ClNO3S2. The number of hydrogen-bond donors (Lipinski definition) is 2. The summed E-state index contributed by atoms with van der Waals surface area (Å²) in [7, 11) is -3.75. The van der Waals surface area contributed by atoms with Crippen LogP contribution < -0.4 is 4.72 Å². The number of rotatable bonds is 4. The minimum absolute atomic E-state index is 0.0881. The predicted molar refractivity (Wildman–Crippen MR) is 90.0 cm³/mol. The van der Waals surface area contributed by atoms with Gasteiger partial charge < -0.3 is 5.11 Å². The van der Waals surface area contributed by atoms with Crippen molar-refractivity contribution < 1.29 is 13.5 Å². The molecule has 4 nitrogen and oxygen atoms in total. The maximum absolute atomic E-state index is 12.5. The van der Waals surface area contributed by atoms with Gasteiger partial charge in [-0.2, -0.15) is 0 Å². The third-order valence-corrected chi connectivity index (χ3v) is 6.83. The molecule has 3 aromatic rings. The zero-order chi connectivity index (χ0) is 15.7. The topological polar surface area (TPSA) is 66.4 Å². The molecule has 0 aliphatic heterocycles. The van der Waals surface area contributed by atoms with Gasteiger partial charge in [-0.1, -0.05) is 41.9 Å². The third kappa shape index (κ3) is 2.83. The minimum atomic E-state index is -3.75. The lowest BCUT2D eigenvalue weighted by molar-refractivity contribution is 0.282. The van der Waals surface area contributed by atoms with Crippen LogP contribution in [0.2, 0.25) is 5.02 Å². The lowest BCUT2D eigenvalue weighted by Crippen LogP contribution is -2.11. The summed E-state index contributed by atoms with van der Waals surface area (Å²) in [5.41, 5.74) is 1.13. The summed E-state index contributed by atoms with van der Waals surface area (Å²) in [4.78, 5) is 0. The molecule has 3 rings (SSSR count). The van der Waals surface area contributed by atoms with Crippen LogP contribution in [-0.4, -0.2) is 13.5 Å². The number of sulfonamides is 1. The number of nitrogens with one attached hydrogen (secondary N) is 1. The van der Waals surface area contributed by atoms with Crippen molar-refractivity contribution in [2.75, 3.05) is 4.72 Å². The van der Waals surface area contributed by atoms with E-state index >= 15 is 0 Å². The molecule has 2 aromatic carbocycles. The molecule has 0 radical (unpaired) electrons. The molecule has 0 aliphatic carbocycles. The first-order valence-electron chi connectivity index (χ1n) is 6.41. The van der Waals surface area contributed by atoms with Crippen LogP contribution in [0.3, 0.4) is 0 Å². The van der Waals surface area contributed by atoms with Gasteiger partial charge in [0.15, 0.2) is 4.21 Å². The van der Waals surface area contributed by atoms with E-state index in [2.05, 4.69) is 4.72 Å². The summed E-state index contributed by atoms with van der Waals surface area (Å²) in [5, 5.41) is 9.96. The highest BCUT2D eigenvalue weighted by molar-refractivity contribution is 7.95. The van der Waals surface area contributed by atoms with Gasteiger partial charge in [0.1, 0.15) is 0 Å². The number of benzene rings is 2. The monoisotopic (exact) mass is 353 g/mol. The van der Waals surface area contributed by atoms with E-state index in [0.717, 1.165) is 21.4 Å². The van der Waals surface area contributed by atoms with Crippen molar-refractivity contribution in [1.82, 2.24) is 0 Å². The van der Waals surface area contributed by atoms with E-state index in [1.165, 1.54) is 0 Å². The van der Waals surface area contributed by atoms with Crippen LogP contribution in [0.4, 0.5) is 5.69 Å². The molecule has 0 atom stereocenters. The zero-order valence-corrected chi connectivity index (χ0v) is 13.7. The molecule has 2 N–H and O–H groups in total. The lowest BCUT2D eigenvalue weighted by atomic mass is 10.2. The second kappa shape index (κ2) is 5.89. The fourth-order valence-corrected chi connectivity index (χ4v) is 5.23. The SMILES string of the molecule is O=S(=O)(Nc1ccc(CO)cc1)c1sc2ccccc2c1Cl. The molecule has 0 aliphatic rings. The smallest absolute Gasteiger partial charge is 0.272 e. The second-order valence-electron chi connectivity index (χ2n) is 4.66. The van der Waals surface area contributed by atoms with E-state index in [9.17, 15) is 8.42 Å². The summed E-state index contributed by atoms with van der Waals surface area (Å²) < 4.78 is 28.4. The zero-order valence-electron chi connectivity index (χ0n) is 11.3. The number of hydrogen-bond acceptors (Lipinski definition) is 4. The van der Waals surface area contributed by atoms with Crippen molar-refractivity contribution in [2.45, 2.75) is 10.8 Å². The fraction of sp³-hybridized carbons (Fsp3) is 0.0667. The summed E-state index contributed by atoms with van der Waals surface area (Å²) in [6, 6.07) is 13.8. The van der Waals surface area contributed by atoms with Crippen molar-refractivity contribution in [2.24, 2.45) is 0 Å².